The van der Waals surface area contributed by atoms with Crippen molar-refractivity contribution in [3.05, 3.63) is 75.9 Å². The number of piperazine rings is 1. The Kier molecular flexibility index (Phi) is 6.73. The topological polar surface area (TPSA) is 80.0 Å². The van der Waals surface area contributed by atoms with Crippen molar-refractivity contribution in [2.75, 3.05) is 33.3 Å². The molecule has 0 N–H and O–H groups in total. The van der Waals surface area contributed by atoms with Crippen LogP contribution in [-0.2, 0) is 4.79 Å². The van der Waals surface area contributed by atoms with Gasteiger partial charge in [0.1, 0.15) is 11.7 Å². The predicted octanol–water partition coefficient (Wildman–Crippen LogP) is 4.49. The van der Waals surface area contributed by atoms with Gasteiger partial charge < -0.3 is 14.5 Å². The number of carbonyl (C=O) groups is 2. The zero-order valence-electron chi connectivity index (χ0n) is 19.9. The Labute approximate surface area is 219 Å². The van der Waals surface area contributed by atoms with Crippen molar-refractivity contribution in [2.24, 2.45) is 10.9 Å². The van der Waals surface area contributed by atoms with Gasteiger partial charge in [0.25, 0.3) is 5.91 Å². The number of rotatable bonds is 4. The summed E-state index contributed by atoms with van der Waals surface area (Å²) in [4.78, 5) is 35.1. The highest BCUT2D eigenvalue weighted by atomic mass is 35.5. The summed E-state index contributed by atoms with van der Waals surface area (Å²) in [6, 6.07) is 13.9. The van der Waals surface area contributed by atoms with Crippen LogP contribution >= 0.6 is 23.2 Å². The van der Waals surface area contributed by atoms with E-state index in [0.717, 1.165) is 5.56 Å². The average molecular weight is 526 g/mol. The second-order valence-corrected chi connectivity index (χ2v) is 9.65. The number of carbonyl (C=O) groups excluding carboxylic acids is 2. The van der Waals surface area contributed by atoms with E-state index in [1.165, 1.54) is 0 Å². The van der Waals surface area contributed by atoms with Gasteiger partial charge in [-0.05, 0) is 42.8 Å². The summed E-state index contributed by atoms with van der Waals surface area (Å²) in [5.74, 6) is 0.623. The molecular formula is C26H25Cl2N5O3. The van der Waals surface area contributed by atoms with Crippen molar-refractivity contribution < 1.29 is 14.3 Å². The second-order valence-electron chi connectivity index (χ2n) is 8.83. The highest BCUT2D eigenvalue weighted by Crippen LogP contribution is 2.39. The van der Waals surface area contributed by atoms with Crippen LogP contribution < -0.4 is 4.74 Å². The first-order valence-electron chi connectivity index (χ1n) is 11.6. The maximum absolute atomic E-state index is 13.9. The molecule has 2 aliphatic rings. The van der Waals surface area contributed by atoms with Crippen molar-refractivity contribution in [3.63, 3.8) is 0 Å². The molecule has 0 aliphatic carbocycles. The minimum Gasteiger partial charge on any atom is -0.497 e. The summed E-state index contributed by atoms with van der Waals surface area (Å²) in [7, 11) is 1.57. The molecule has 2 aromatic carbocycles. The molecule has 1 aromatic heterocycles. The highest BCUT2D eigenvalue weighted by Gasteiger charge is 2.41. The van der Waals surface area contributed by atoms with Crippen LogP contribution in [0.25, 0.3) is 0 Å². The lowest BCUT2D eigenvalue weighted by Crippen LogP contribution is -2.54. The smallest absolute Gasteiger partial charge is 0.254 e. The first-order chi connectivity index (χ1) is 17.4. The molecule has 0 saturated carbocycles. The summed E-state index contributed by atoms with van der Waals surface area (Å²) in [6.07, 6.45) is 1.67. The zero-order chi connectivity index (χ0) is 25.4. The van der Waals surface area contributed by atoms with Crippen LogP contribution in [0.1, 0.15) is 28.9 Å². The van der Waals surface area contributed by atoms with Gasteiger partial charge in [-0.15, -0.1) is 0 Å². The van der Waals surface area contributed by atoms with Crippen LogP contribution in [0.2, 0.25) is 10.0 Å². The predicted molar refractivity (Wildman–Crippen MR) is 139 cm³/mol. The van der Waals surface area contributed by atoms with Crippen molar-refractivity contribution in [1.82, 2.24) is 19.6 Å². The summed E-state index contributed by atoms with van der Waals surface area (Å²) in [5.41, 5.74) is 2.10. The molecule has 2 unspecified atom stereocenters. The van der Waals surface area contributed by atoms with Gasteiger partial charge in [0, 0.05) is 43.5 Å². The lowest BCUT2D eigenvalue weighted by molar-refractivity contribution is -0.135. The third-order valence-corrected chi connectivity index (χ3v) is 7.46. The first kappa shape index (κ1) is 24.3. The lowest BCUT2D eigenvalue weighted by atomic mass is 9.87. The fraction of sp³-hybridized carbons (Fsp3) is 0.308. The monoisotopic (exact) mass is 525 g/mol. The molecule has 3 aromatic rings. The van der Waals surface area contributed by atoms with Crippen molar-refractivity contribution in [3.8, 4) is 5.75 Å². The molecule has 2 amide bonds. The number of ether oxygens (including phenoxy) is 1. The van der Waals surface area contributed by atoms with E-state index in [4.69, 9.17) is 27.9 Å². The molecule has 5 rings (SSSR count). The largest absolute Gasteiger partial charge is 0.497 e. The number of halogens is 2. The Bertz CT molecular complexity index is 1350. The number of nitrogens with zero attached hydrogens (tertiary/aromatic N) is 5. The molecule has 186 valence electrons. The molecule has 1 saturated heterocycles. The number of benzene rings is 2. The molecule has 1 fully saturated rings. The van der Waals surface area contributed by atoms with Crippen molar-refractivity contribution in [2.45, 2.75) is 13.0 Å². The van der Waals surface area contributed by atoms with E-state index in [9.17, 15) is 9.59 Å². The first-order valence-corrected chi connectivity index (χ1v) is 12.4. The molecule has 0 spiro atoms. The standard InChI is InChI=1S/C26H25Cl2N5O3/c1-16-23(24(33-22(30-16)8-9-29-33)17-6-7-20(27)21(28)15-17)26(35)32-12-10-31(11-13-32)25(34)18-4-3-5-19(14-18)36-2/h3-9,14-15,23-24H,10-13H2,1-2H3. The van der Waals surface area contributed by atoms with Gasteiger partial charge in [0.2, 0.25) is 5.91 Å². The molecule has 2 atom stereocenters. The van der Waals surface area contributed by atoms with Gasteiger partial charge in [-0.3, -0.25) is 9.59 Å². The van der Waals surface area contributed by atoms with E-state index in [-0.39, 0.29) is 11.8 Å². The lowest BCUT2D eigenvalue weighted by Gasteiger charge is -2.39. The minimum atomic E-state index is -0.560. The van der Waals surface area contributed by atoms with Crippen molar-refractivity contribution in [1.29, 1.82) is 0 Å². The molecule has 36 heavy (non-hydrogen) atoms. The van der Waals surface area contributed by atoms with Crippen LogP contribution in [0.3, 0.4) is 0 Å². The number of amides is 2. The van der Waals surface area contributed by atoms with Crippen molar-refractivity contribution >= 4 is 46.5 Å². The Hall–Kier alpha value is -3.36. The number of hydrogen-bond acceptors (Lipinski definition) is 5. The SMILES string of the molecule is COc1cccc(C(=O)N2CCN(C(=O)C3C(C)=Nc4ccnn4C3c3ccc(Cl)c(Cl)c3)CC2)c1. The normalized spacial score (nSPS) is 19.5. The van der Waals surface area contributed by atoms with Crippen LogP contribution in [0.4, 0.5) is 5.82 Å². The van der Waals surface area contributed by atoms with Crippen LogP contribution in [-0.4, -0.2) is 70.4 Å². The third kappa shape index (κ3) is 4.47. The molecule has 10 heteroatoms. The van der Waals surface area contributed by atoms with Gasteiger partial charge in [-0.2, -0.15) is 5.10 Å². The molecular weight excluding hydrogens is 501 g/mol. The van der Waals surface area contributed by atoms with E-state index >= 15 is 0 Å². The molecule has 0 radical (unpaired) electrons. The number of methoxy groups -OCH3 is 1. The van der Waals surface area contributed by atoms with Crippen LogP contribution in [0.15, 0.2) is 59.7 Å². The van der Waals surface area contributed by atoms with Gasteiger partial charge in [0.05, 0.1) is 29.4 Å². The number of fused-ring (bicyclic) bond motifs is 1. The Morgan fingerprint density at radius 2 is 1.72 bits per heavy atom. The molecule has 2 aliphatic heterocycles. The van der Waals surface area contributed by atoms with Crippen LogP contribution in [0.5, 0.6) is 5.75 Å². The summed E-state index contributed by atoms with van der Waals surface area (Å²) in [6.45, 7) is 3.60. The van der Waals surface area contributed by atoms with E-state index in [1.54, 1.807) is 64.2 Å². The van der Waals surface area contributed by atoms with Gasteiger partial charge in [-0.1, -0.05) is 35.3 Å². The third-order valence-electron chi connectivity index (χ3n) is 6.72. The number of aromatic nitrogens is 2. The zero-order valence-corrected chi connectivity index (χ0v) is 21.4. The van der Waals surface area contributed by atoms with Gasteiger partial charge in [-0.25, -0.2) is 9.67 Å². The maximum Gasteiger partial charge on any atom is 0.254 e. The van der Waals surface area contributed by atoms with Gasteiger partial charge in [0.15, 0.2) is 5.82 Å². The van der Waals surface area contributed by atoms with E-state index in [0.29, 0.717) is 59.1 Å². The summed E-state index contributed by atoms with van der Waals surface area (Å²) >= 11 is 12.5. The maximum atomic E-state index is 13.9. The Morgan fingerprint density at radius 3 is 2.44 bits per heavy atom. The van der Waals surface area contributed by atoms with Crippen LogP contribution in [0, 0.1) is 5.92 Å². The fourth-order valence-electron chi connectivity index (χ4n) is 4.84. The molecule has 8 nitrogen and oxygen atoms in total. The summed E-state index contributed by atoms with van der Waals surface area (Å²) < 4.78 is 7.00. The minimum absolute atomic E-state index is 0.0537. The summed E-state index contributed by atoms with van der Waals surface area (Å²) in [5, 5.41) is 5.32. The average Bonchev–Trinajstić information content (AvgIpc) is 3.37. The highest BCUT2D eigenvalue weighted by molar-refractivity contribution is 6.42. The van der Waals surface area contributed by atoms with E-state index in [1.807, 2.05) is 19.1 Å². The van der Waals surface area contributed by atoms with E-state index < -0.39 is 12.0 Å². The Morgan fingerprint density at radius 1 is 0.972 bits per heavy atom. The number of hydrogen-bond donors (Lipinski definition) is 0. The van der Waals surface area contributed by atoms with Gasteiger partial charge >= 0.3 is 0 Å². The Balaban J connectivity index is 1.36. The van der Waals surface area contributed by atoms with E-state index in [2.05, 4.69) is 10.1 Å². The number of aliphatic imine (C=N–C) groups is 1. The quantitative estimate of drug-likeness (QED) is 0.502. The second kappa shape index (κ2) is 9.95. The molecule has 0 bridgehead atoms. The molecule has 3 heterocycles. The fourth-order valence-corrected chi connectivity index (χ4v) is 5.15.